The van der Waals surface area contributed by atoms with Gasteiger partial charge in [0.05, 0.1) is 11.4 Å². The molecule has 0 radical (unpaired) electrons. The summed E-state index contributed by atoms with van der Waals surface area (Å²) in [5.41, 5.74) is 7.87. The number of nitrogens with zero attached hydrogens (tertiary/aromatic N) is 4. The van der Waals surface area contributed by atoms with E-state index in [2.05, 4.69) is 97.1 Å². The molecule has 6 nitrogen and oxygen atoms in total. The maximum atomic E-state index is 6.08. The number of fused-ring (bicyclic) bond motifs is 6. The van der Waals surface area contributed by atoms with Gasteiger partial charge in [-0.1, -0.05) is 108 Å². The second-order valence-electron chi connectivity index (χ2n) is 12.2. The number of benzene rings is 6. The van der Waals surface area contributed by atoms with Gasteiger partial charge >= 0.3 is 21.1 Å². The first-order valence-electron chi connectivity index (χ1n) is 16.2. The number of hydrogen-bond donors (Lipinski definition) is 0. The van der Waals surface area contributed by atoms with E-state index in [1.54, 1.807) is 0 Å². The average molecular weight is 826 g/mol. The molecule has 0 unspecified atom stereocenters. The van der Waals surface area contributed by atoms with E-state index in [1.165, 1.54) is 0 Å². The molecule has 0 aliphatic carbocycles. The minimum Gasteiger partial charge on any atom is -0.516 e. The van der Waals surface area contributed by atoms with Crippen molar-refractivity contribution in [2.45, 2.75) is 5.41 Å². The van der Waals surface area contributed by atoms with Crippen LogP contribution >= 0.6 is 0 Å². The quantitative estimate of drug-likeness (QED) is 0.157. The number of aromatic nitrogens is 4. The van der Waals surface area contributed by atoms with Crippen molar-refractivity contribution in [1.82, 2.24) is 19.6 Å². The Balaban J connectivity index is 0.00000336. The Labute approximate surface area is 301 Å². The predicted molar refractivity (Wildman–Crippen MR) is 191 cm³/mol. The van der Waals surface area contributed by atoms with Gasteiger partial charge in [0.2, 0.25) is 0 Å². The zero-order valence-corrected chi connectivity index (χ0v) is 28.7. The van der Waals surface area contributed by atoms with Crippen LogP contribution in [0.5, 0.6) is 0 Å². The van der Waals surface area contributed by atoms with E-state index in [1.807, 2.05) is 82.4 Å². The first kappa shape index (κ1) is 30.1. The minimum absolute atomic E-state index is 0. The molecule has 240 valence electrons. The fraction of sp³-hybridized carbons (Fsp3) is 0.0233. The number of hydrogen-bond acceptors (Lipinski definition) is 4. The van der Waals surface area contributed by atoms with Crippen LogP contribution in [0.2, 0.25) is 0 Å². The van der Waals surface area contributed by atoms with Crippen molar-refractivity contribution in [1.29, 1.82) is 0 Å². The molecule has 0 saturated carbocycles. The second kappa shape index (κ2) is 11.9. The Kier molecular flexibility index (Phi) is 7.15. The van der Waals surface area contributed by atoms with Crippen LogP contribution < -0.4 is 0 Å². The molecule has 10 rings (SSSR count). The Morgan fingerprint density at radius 1 is 0.460 bits per heavy atom. The molecule has 4 heterocycles. The van der Waals surface area contributed by atoms with Gasteiger partial charge in [0.1, 0.15) is 16.6 Å². The topological polar surface area (TPSA) is 61.9 Å². The Morgan fingerprint density at radius 3 is 1.34 bits per heavy atom. The van der Waals surface area contributed by atoms with Gasteiger partial charge in [0.25, 0.3) is 0 Å². The summed E-state index contributed by atoms with van der Waals surface area (Å²) in [7, 11) is 0. The average Bonchev–Trinajstić information content (AvgIpc) is 3.98. The number of rotatable bonds is 6. The van der Waals surface area contributed by atoms with E-state index in [-0.39, 0.29) is 21.1 Å². The molecular formula is C43H26N4O2Pt. The third-order valence-electron chi connectivity index (χ3n) is 9.44. The fourth-order valence-electron chi connectivity index (χ4n) is 7.16. The maximum absolute atomic E-state index is 6.08. The van der Waals surface area contributed by atoms with Crippen LogP contribution in [0, 0.1) is 12.1 Å². The van der Waals surface area contributed by atoms with Gasteiger partial charge < -0.3 is 8.83 Å². The van der Waals surface area contributed by atoms with Crippen molar-refractivity contribution < 1.29 is 29.9 Å². The minimum atomic E-state index is -0.835. The van der Waals surface area contributed by atoms with Crippen LogP contribution in [0.1, 0.15) is 22.5 Å². The van der Waals surface area contributed by atoms with Crippen LogP contribution in [-0.2, 0) is 26.5 Å². The summed E-state index contributed by atoms with van der Waals surface area (Å²) in [5.74, 6) is 0. The summed E-state index contributed by atoms with van der Waals surface area (Å²) in [6.07, 6.45) is 4.00. The van der Waals surface area contributed by atoms with Gasteiger partial charge in [-0.3, -0.25) is 9.36 Å². The summed E-state index contributed by atoms with van der Waals surface area (Å²) in [6.45, 7) is 0. The van der Waals surface area contributed by atoms with Crippen molar-refractivity contribution in [3.8, 4) is 11.4 Å². The third kappa shape index (κ3) is 4.60. The van der Waals surface area contributed by atoms with Crippen molar-refractivity contribution in [3.05, 3.63) is 193 Å². The molecule has 0 atom stereocenters. The van der Waals surface area contributed by atoms with E-state index in [4.69, 9.17) is 19.0 Å². The molecule has 0 bridgehead atoms. The monoisotopic (exact) mass is 825 g/mol. The number of para-hydroxylation sites is 2. The van der Waals surface area contributed by atoms with E-state index in [9.17, 15) is 0 Å². The molecule has 0 aliphatic heterocycles. The van der Waals surface area contributed by atoms with Crippen LogP contribution in [0.4, 0.5) is 0 Å². The fourth-order valence-corrected chi connectivity index (χ4v) is 7.16. The summed E-state index contributed by atoms with van der Waals surface area (Å²) in [4.78, 5) is 0. The molecule has 10 aromatic rings. The van der Waals surface area contributed by atoms with Crippen molar-refractivity contribution in [2.75, 3.05) is 0 Å². The molecule has 7 heteroatoms. The summed E-state index contributed by atoms with van der Waals surface area (Å²) in [6, 6.07) is 56.0. The van der Waals surface area contributed by atoms with E-state index < -0.39 is 5.41 Å². The standard InChI is InChI=1S/C43H26N4O2.Pt/c1-3-11-29(12-4-1)43(30-13-5-2-6-14-30,41-23-25-46(44-41)31-19-21-39-35(27-31)33-15-7-9-17-37(33)48-39)42-24-26-47(45-42)32-20-22-40-36(28-32)34-16-8-10-18-38(34)49-40;/h1-18,21-28H;/q-2;+2. The zero-order valence-electron chi connectivity index (χ0n) is 26.4. The van der Waals surface area contributed by atoms with Gasteiger partial charge in [0, 0.05) is 34.3 Å². The second-order valence-corrected chi connectivity index (χ2v) is 12.2. The van der Waals surface area contributed by atoms with Crippen molar-refractivity contribution in [2.24, 2.45) is 0 Å². The maximum Gasteiger partial charge on any atom is 2.00 e. The van der Waals surface area contributed by atoms with Crippen LogP contribution in [-0.4, -0.2) is 19.6 Å². The Bertz CT molecular complexity index is 2600. The molecule has 0 amide bonds. The molecule has 0 fully saturated rings. The molecule has 0 aliphatic rings. The SMILES string of the molecule is [Pt+2].[c-]1cc2oc3ccccc3c2cc1-n1ccc(C(c2ccccc2)(c2ccccc2)c2ccn(-c3[c-]cc4oc5ccccc5c4c3)n2)n1. The summed E-state index contributed by atoms with van der Waals surface area (Å²) in [5, 5.41) is 14.8. The van der Waals surface area contributed by atoms with Crippen LogP contribution in [0.25, 0.3) is 55.3 Å². The zero-order chi connectivity index (χ0) is 32.4. The van der Waals surface area contributed by atoms with Crippen molar-refractivity contribution in [3.63, 3.8) is 0 Å². The molecule has 0 saturated heterocycles. The first-order valence-corrected chi connectivity index (χ1v) is 16.2. The van der Waals surface area contributed by atoms with Crippen molar-refractivity contribution >= 4 is 43.9 Å². The normalized spacial score (nSPS) is 11.8. The van der Waals surface area contributed by atoms with Gasteiger partial charge in [-0.25, -0.2) is 0 Å². The van der Waals surface area contributed by atoms with Gasteiger partial charge in [-0.2, -0.15) is 22.3 Å². The smallest absolute Gasteiger partial charge is 0.516 e. The largest absolute Gasteiger partial charge is 2.00 e. The van der Waals surface area contributed by atoms with Gasteiger partial charge in [0.15, 0.2) is 0 Å². The van der Waals surface area contributed by atoms with Crippen LogP contribution in [0.3, 0.4) is 0 Å². The summed E-state index contributed by atoms with van der Waals surface area (Å²) >= 11 is 0. The molecule has 4 aromatic heterocycles. The molecule has 6 aromatic carbocycles. The van der Waals surface area contributed by atoms with Gasteiger partial charge in [-0.05, 0) is 46.8 Å². The van der Waals surface area contributed by atoms with Gasteiger partial charge in [-0.15, -0.1) is 24.3 Å². The van der Waals surface area contributed by atoms with E-state index in [0.717, 1.165) is 77.8 Å². The first-order chi connectivity index (χ1) is 24.3. The van der Waals surface area contributed by atoms with E-state index >= 15 is 0 Å². The predicted octanol–water partition coefficient (Wildman–Crippen LogP) is 9.84. The molecular weight excluding hydrogens is 800 g/mol. The van der Waals surface area contributed by atoms with E-state index in [0.29, 0.717) is 0 Å². The van der Waals surface area contributed by atoms with Crippen LogP contribution in [0.15, 0.2) is 167 Å². The summed E-state index contributed by atoms with van der Waals surface area (Å²) < 4.78 is 15.9. The Morgan fingerprint density at radius 2 is 0.880 bits per heavy atom. The third-order valence-corrected chi connectivity index (χ3v) is 9.44. The molecule has 50 heavy (non-hydrogen) atoms. The Hall–Kier alpha value is -5.97. The molecule has 0 N–H and O–H groups in total. The molecule has 0 spiro atoms. The number of furan rings is 2.